The van der Waals surface area contributed by atoms with Crippen LogP contribution in [-0.2, 0) is 6.42 Å². The van der Waals surface area contributed by atoms with Crippen molar-refractivity contribution in [2.24, 2.45) is 0 Å². The second-order valence-corrected chi connectivity index (χ2v) is 6.13. The Kier molecular flexibility index (Phi) is 3.39. The predicted molar refractivity (Wildman–Crippen MR) is 70.9 cm³/mol. The van der Waals surface area contributed by atoms with E-state index in [0.29, 0.717) is 12.1 Å². The molecular formula is C14H18FNS. The van der Waals surface area contributed by atoms with Crippen LogP contribution in [0.5, 0.6) is 0 Å². The molecule has 0 saturated carbocycles. The van der Waals surface area contributed by atoms with Crippen LogP contribution in [0.15, 0.2) is 18.2 Å². The van der Waals surface area contributed by atoms with E-state index in [0.717, 1.165) is 18.4 Å². The van der Waals surface area contributed by atoms with Crippen molar-refractivity contribution in [3.63, 3.8) is 0 Å². The van der Waals surface area contributed by atoms with E-state index in [9.17, 15) is 4.39 Å². The van der Waals surface area contributed by atoms with E-state index in [2.05, 4.69) is 11.4 Å². The van der Waals surface area contributed by atoms with Crippen LogP contribution >= 0.6 is 11.8 Å². The van der Waals surface area contributed by atoms with E-state index in [-0.39, 0.29) is 5.82 Å². The lowest BCUT2D eigenvalue weighted by atomic mass is 10.1. The summed E-state index contributed by atoms with van der Waals surface area (Å²) in [6, 6.07) is 6.50. The summed E-state index contributed by atoms with van der Waals surface area (Å²) in [6.45, 7) is 0. The Hall–Kier alpha value is -0.540. The minimum Gasteiger partial charge on any atom is -0.306 e. The van der Waals surface area contributed by atoms with E-state index in [1.165, 1.54) is 29.9 Å². The highest BCUT2D eigenvalue weighted by Crippen LogP contribution is 2.33. The first-order chi connectivity index (χ1) is 8.34. The molecule has 1 aliphatic heterocycles. The van der Waals surface area contributed by atoms with Gasteiger partial charge in [-0.3, -0.25) is 0 Å². The average molecular weight is 251 g/mol. The maximum absolute atomic E-state index is 13.6. The lowest BCUT2D eigenvalue weighted by Crippen LogP contribution is -2.35. The SMILES string of the molecule is Fc1cccc2c1CCC2NC1CCCSC1. The summed E-state index contributed by atoms with van der Waals surface area (Å²) >= 11 is 2.03. The van der Waals surface area contributed by atoms with Gasteiger partial charge in [0, 0.05) is 17.8 Å². The van der Waals surface area contributed by atoms with Gasteiger partial charge in [0.25, 0.3) is 0 Å². The van der Waals surface area contributed by atoms with Gasteiger partial charge in [0.2, 0.25) is 0 Å². The lowest BCUT2D eigenvalue weighted by Gasteiger charge is -2.26. The standard InChI is InChI=1S/C14H18FNS/c15-13-5-1-4-12-11(13)6-7-14(12)16-10-3-2-8-17-9-10/h1,4-5,10,14,16H,2-3,6-9H2. The summed E-state index contributed by atoms with van der Waals surface area (Å²) < 4.78 is 13.6. The molecule has 0 spiro atoms. The van der Waals surface area contributed by atoms with Crippen molar-refractivity contribution < 1.29 is 4.39 Å². The fourth-order valence-electron chi connectivity index (χ4n) is 2.94. The molecular weight excluding hydrogens is 233 g/mol. The van der Waals surface area contributed by atoms with Crippen molar-refractivity contribution in [1.29, 1.82) is 0 Å². The van der Waals surface area contributed by atoms with E-state index in [1.54, 1.807) is 6.07 Å². The molecule has 0 amide bonds. The fraction of sp³-hybridized carbons (Fsp3) is 0.571. The third-order valence-electron chi connectivity index (χ3n) is 3.81. The van der Waals surface area contributed by atoms with Crippen LogP contribution in [0.3, 0.4) is 0 Å². The third kappa shape index (κ3) is 2.36. The smallest absolute Gasteiger partial charge is 0.126 e. The molecule has 1 fully saturated rings. The van der Waals surface area contributed by atoms with Gasteiger partial charge in [-0.05, 0) is 48.6 Å². The number of fused-ring (bicyclic) bond motifs is 1. The van der Waals surface area contributed by atoms with Crippen LogP contribution in [0, 0.1) is 5.82 Å². The van der Waals surface area contributed by atoms with Crippen molar-refractivity contribution in [2.75, 3.05) is 11.5 Å². The molecule has 17 heavy (non-hydrogen) atoms. The Balaban J connectivity index is 1.72. The highest BCUT2D eigenvalue weighted by atomic mass is 32.2. The molecule has 3 rings (SSSR count). The van der Waals surface area contributed by atoms with Crippen LogP contribution in [0.4, 0.5) is 4.39 Å². The first-order valence-corrected chi connectivity index (χ1v) is 7.61. The molecule has 2 aliphatic rings. The topological polar surface area (TPSA) is 12.0 Å². The molecule has 92 valence electrons. The minimum atomic E-state index is -0.0233. The van der Waals surface area contributed by atoms with Gasteiger partial charge >= 0.3 is 0 Å². The third-order valence-corrected chi connectivity index (χ3v) is 5.03. The van der Waals surface area contributed by atoms with Gasteiger partial charge in [-0.2, -0.15) is 11.8 Å². The Morgan fingerprint density at radius 3 is 3.06 bits per heavy atom. The number of hydrogen-bond donors (Lipinski definition) is 1. The van der Waals surface area contributed by atoms with Crippen LogP contribution in [0.25, 0.3) is 0 Å². The predicted octanol–water partition coefficient (Wildman–Crippen LogP) is 3.30. The van der Waals surface area contributed by atoms with Crippen molar-refractivity contribution in [3.05, 3.63) is 35.1 Å². The van der Waals surface area contributed by atoms with E-state index in [4.69, 9.17) is 0 Å². The molecule has 1 nitrogen and oxygen atoms in total. The summed E-state index contributed by atoms with van der Waals surface area (Å²) in [6.07, 6.45) is 4.52. The highest BCUT2D eigenvalue weighted by molar-refractivity contribution is 7.99. The van der Waals surface area contributed by atoms with E-state index < -0.39 is 0 Å². The minimum absolute atomic E-state index is 0.0233. The maximum Gasteiger partial charge on any atom is 0.126 e. The first-order valence-electron chi connectivity index (χ1n) is 6.45. The van der Waals surface area contributed by atoms with Crippen LogP contribution in [-0.4, -0.2) is 17.5 Å². The Morgan fingerprint density at radius 2 is 2.24 bits per heavy atom. The van der Waals surface area contributed by atoms with E-state index in [1.807, 2.05) is 17.8 Å². The molecule has 1 heterocycles. The Labute approximate surface area is 106 Å². The van der Waals surface area contributed by atoms with Crippen molar-refractivity contribution >= 4 is 11.8 Å². The summed E-state index contributed by atoms with van der Waals surface area (Å²) in [4.78, 5) is 0. The summed E-state index contributed by atoms with van der Waals surface area (Å²) in [7, 11) is 0. The van der Waals surface area contributed by atoms with Gasteiger partial charge in [0.1, 0.15) is 5.82 Å². The molecule has 0 bridgehead atoms. The summed E-state index contributed by atoms with van der Waals surface area (Å²) in [5, 5.41) is 3.71. The van der Waals surface area contributed by atoms with Gasteiger partial charge in [-0.25, -0.2) is 4.39 Å². The second kappa shape index (κ2) is 4.99. The second-order valence-electron chi connectivity index (χ2n) is 4.98. The number of benzene rings is 1. The van der Waals surface area contributed by atoms with Gasteiger partial charge in [0.05, 0.1) is 0 Å². The largest absolute Gasteiger partial charge is 0.306 e. The molecule has 1 aromatic carbocycles. The molecule has 3 heteroatoms. The summed E-state index contributed by atoms with van der Waals surface area (Å²) in [5.74, 6) is 2.49. The number of nitrogens with one attached hydrogen (secondary N) is 1. The number of thioether (sulfide) groups is 1. The number of halogens is 1. The van der Waals surface area contributed by atoms with Crippen LogP contribution < -0.4 is 5.32 Å². The first kappa shape index (κ1) is 11.5. The molecule has 1 N–H and O–H groups in total. The van der Waals surface area contributed by atoms with Crippen LogP contribution in [0.2, 0.25) is 0 Å². The quantitative estimate of drug-likeness (QED) is 0.865. The number of hydrogen-bond acceptors (Lipinski definition) is 2. The normalized spacial score (nSPS) is 28.1. The zero-order valence-electron chi connectivity index (χ0n) is 9.92. The van der Waals surface area contributed by atoms with Gasteiger partial charge < -0.3 is 5.32 Å². The van der Waals surface area contributed by atoms with Gasteiger partial charge in [0.15, 0.2) is 0 Å². The van der Waals surface area contributed by atoms with Gasteiger partial charge in [-0.15, -0.1) is 0 Å². The summed E-state index contributed by atoms with van der Waals surface area (Å²) in [5.41, 5.74) is 2.13. The van der Waals surface area contributed by atoms with Crippen molar-refractivity contribution in [1.82, 2.24) is 5.32 Å². The zero-order chi connectivity index (χ0) is 11.7. The monoisotopic (exact) mass is 251 g/mol. The molecule has 2 unspecified atom stereocenters. The molecule has 0 aromatic heterocycles. The lowest BCUT2D eigenvalue weighted by molar-refractivity contribution is 0.431. The average Bonchev–Trinajstić information content (AvgIpc) is 2.76. The molecule has 1 aliphatic carbocycles. The molecule has 1 saturated heterocycles. The van der Waals surface area contributed by atoms with Crippen LogP contribution in [0.1, 0.15) is 36.4 Å². The number of rotatable bonds is 2. The fourth-order valence-corrected chi connectivity index (χ4v) is 4.02. The molecule has 0 radical (unpaired) electrons. The zero-order valence-corrected chi connectivity index (χ0v) is 10.7. The maximum atomic E-state index is 13.6. The molecule has 1 aromatic rings. The van der Waals surface area contributed by atoms with Crippen molar-refractivity contribution in [3.8, 4) is 0 Å². The van der Waals surface area contributed by atoms with Gasteiger partial charge in [-0.1, -0.05) is 12.1 Å². The Bertz CT molecular complexity index is 401. The molecule has 2 atom stereocenters. The highest BCUT2D eigenvalue weighted by Gasteiger charge is 2.27. The van der Waals surface area contributed by atoms with E-state index >= 15 is 0 Å². The Morgan fingerprint density at radius 1 is 1.29 bits per heavy atom. The van der Waals surface area contributed by atoms with Crippen molar-refractivity contribution in [2.45, 2.75) is 37.8 Å².